The number of carbonyl (C=O) groups excluding carboxylic acids is 1. The predicted molar refractivity (Wildman–Crippen MR) is 89.3 cm³/mol. The lowest BCUT2D eigenvalue weighted by atomic mass is 9.95. The van der Waals surface area contributed by atoms with E-state index in [9.17, 15) is 4.79 Å². The lowest BCUT2D eigenvalue weighted by Crippen LogP contribution is -2.43. The number of benzene rings is 1. The zero-order valence-electron chi connectivity index (χ0n) is 13.6. The molecule has 1 spiro atoms. The number of amides is 2. The van der Waals surface area contributed by atoms with Crippen LogP contribution in [0.5, 0.6) is 0 Å². The summed E-state index contributed by atoms with van der Waals surface area (Å²) < 4.78 is 0. The molecule has 0 unspecified atom stereocenters. The zero-order chi connectivity index (χ0) is 15.9. The van der Waals surface area contributed by atoms with Crippen LogP contribution in [0.3, 0.4) is 0 Å². The molecule has 2 atom stereocenters. The van der Waals surface area contributed by atoms with Gasteiger partial charge in [0, 0.05) is 25.0 Å². The number of nitrogens with zero attached hydrogens (tertiary/aromatic N) is 1. The standard InChI is InChI=1S/C19H26N2O2/c22-10-9-21(13-14-5-6-14)18(23)20-12-16-11-19(16)8-7-15-3-1-2-4-17(15)19/h1-4,14,16,22H,5-13H2,(H,20,23)/t16-,19+/m1/s1. The maximum Gasteiger partial charge on any atom is 0.317 e. The summed E-state index contributed by atoms with van der Waals surface area (Å²) in [6, 6.07) is 8.78. The molecule has 23 heavy (non-hydrogen) atoms. The lowest BCUT2D eigenvalue weighted by Gasteiger charge is -2.22. The molecule has 4 heteroatoms. The van der Waals surface area contributed by atoms with Crippen molar-refractivity contribution in [1.29, 1.82) is 0 Å². The normalized spacial score (nSPS) is 27.8. The molecule has 0 bridgehead atoms. The zero-order valence-corrected chi connectivity index (χ0v) is 13.6. The molecule has 0 saturated heterocycles. The minimum atomic E-state index is -0.000665. The van der Waals surface area contributed by atoms with Gasteiger partial charge in [-0.25, -0.2) is 4.79 Å². The van der Waals surface area contributed by atoms with Gasteiger partial charge in [0.15, 0.2) is 0 Å². The number of hydrogen-bond donors (Lipinski definition) is 2. The van der Waals surface area contributed by atoms with Crippen molar-refractivity contribution < 1.29 is 9.90 Å². The molecule has 3 aliphatic carbocycles. The third kappa shape index (κ3) is 2.85. The van der Waals surface area contributed by atoms with Crippen molar-refractivity contribution in [3.63, 3.8) is 0 Å². The Morgan fingerprint density at radius 2 is 2.17 bits per heavy atom. The number of rotatable bonds is 6. The first kappa shape index (κ1) is 15.0. The quantitative estimate of drug-likeness (QED) is 0.846. The minimum absolute atomic E-state index is 0.000665. The third-order valence-electron chi connectivity index (χ3n) is 5.96. The van der Waals surface area contributed by atoms with Crippen LogP contribution in [0.2, 0.25) is 0 Å². The van der Waals surface area contributed by atoms with Gasteiger partial charge in [-0.2, -0.15) is 0 Å². The smallest absolute Gasteiger partial charge is 0.317 e. The van der Waals surface area contributed by atoms with E-state index in [1.54, 1.807) is 4.90 Å². The Hall–Kier alpha value is -1.55. The molecule has 0 radical (unpaired) electrons. The summed E-state index contributed by atoms with van der Waals surface area (Å²) in [5, 5.41) is 12.3. The highest BCUT2D eigenvalue weighted by Gasteiger charge is 2.57. The summed E-state index contributed by atoms with van der Waals surface area (Å²) in [6.07, 6.45) is 6.05. The van der Waals surface area contributed by atoms with Gasteiger partial charge in [0.1, 0.15) is 0 Å². The van der Waals surface area contributed by atoms with Crippen molar-refractivity contribution in [1.82, 2.24) is 10.2 Å². The van der Waals surface area contributed by atoms with Gasteiger partial charge in [0.2, 0.25) is 0 Å². The summed E-state index contributed by atoms with van der Waals surface area (Å²) >= 11 is 0. The van der Waals surface area contributed by atoms with Crippen molar-refractivity contribution in [3.8, 4) is 0 Å². The molecule has 0 aliphatic heterocycles. The largest absolute Gasteiger partial charge is 0.395 e. The van der Waals surface area contributed by atoms with Gasteiger partial charge in [0.25, 0.3) is 0 Å². The second kappa shape index (κ2) is 5.82. The summed E-state index contributed by atoms with van der Waals surface area (Å²) in [5.41, 5.74) is 3.35. The summed E-state index contributed by atoms with van der Waals surface area (Å²) in [5.74, 6) is 1.23. The lowest BCUT2D eigenvalue weighted by molar-refractivity contribution is 0.174. The summed E-state index contributed by atoms with van der Waals surface area (Å²) in [7, 11) is 0. The van der Waals surface area contributed by atoms with Crippen LogP contribution in [0.1, 0.15) is 36.8 Å². The highest BCUT2D eigenvalue weighted by atomic mass is 16.3. The van der Waals surface area contributed by atoms with E-state index in [4.69, 9.17) is 5.11 Å². The van der Waals surface area contributed by atoms with Crippen molar-refractivity contribution in [2.24, 2.45) is 11.8 Å². The van der Waals surface area contributed by atoms with E-state index in [1.807, 2.05) is 0 Å². The molecule has 2 saturated carbocycles. The molecule has 1 aromatic carbocycles. The molecule has 0 aromatic heterocycles. The second-order valence-electron chi connectivity index (χ2n) is 7.51. The first-order valence-corrected chi connectivity index (χ1v) is 8.95. The highest BCUT2D eigenvalue weighted by molar-refractivity contribution is 5.74. The van der Waals surface area contributed by atoms with Crippen LogP contribution in [0.15, 0.2) is 24.3 Å². The third-order valence-corrected chi connectivity index (χ3v) is 5.96. The fraction of sp³-hybridized carbons (Fsp3) is 0.632. The molecular formula is C19H26N2O2. The minimum Gasteiger partial charge on any atom is -0.395 e. The van der Waals surface area contributed by atoms with Crippen LogP contribution in [0, 0.1) is 11.8 Å². The van der Waals surface area contributed by atoms with Crippen LogP contribution in [-0.2, 0) is 11.8 Å². The van der Waals surface area contributed by atoms with Gasteiger partial charge in [-0.15, -0.1) is 0 Å². The van der Waals surface area contributed by atoms with E-state index in [-0.39, 0.29) is 12.6 Å². The van der Waals surface area contributed by atoms with Crippen LogP contribution < -0.4 is 5.32 Å². The number of aryl methyl sites for hydroxylation is 1. The Labute approximate surface area is 137 Å². The Balaban J connectivity index is 1.33. The van der Waals surface area contributed by atoms with Crippen LogP contribution >= 0.6 is 0 Å². The average Bonchev–Trinajstić information content (AvgIpc) is 3.46. The maximum atomic E-state index is 12.4. The molecule has 4 rings (SSSR count). The van der Waals surface area contributed by atoms with E-state index in [1.165, 1.54) is 43.2 Å². The molecule has 2 amide bonds. The van der Waals surface area contributed by atoms with Crippen molar-refractivity contribution in [2.45, 2.75) is 37.5 Å². The van der Waals surface area contributed by atoms with E-state index >= 15 is 0 Å². The van der Waals surface area contributed by atoms with E-state index in [0.29, 0.717) is 23.8 Å². The molecule has 2 fully saturated rings. The fourth-order valence-corrected chi connectivity index (χ4v) is 4.33. The molecule has 0 heterocycles. The summed E-state index contributed by atoms with van der Waals surface area (Å²) in [6.45, 7) is 2.05. The number of nitrogens with one attached hydrogen (secondary N) is 1. The molecule has 3 aliphatic rings. The van der Waals surface area contributed by atoms with Crippen LogP contribution in [-0.4, -0.2) is 42.3 Å². The molecule has 1 aromatic rings. The van der Waals surface area contributed by atoms with E-state index in [2.05, 4.69) is 29.6 Å². The number of carbonyl (C=O) groups is 1. The van der Waals surface area contributed by atoms with E-state index in [0.717, 1.165) is 13.1 Å². The average molecular weight is 314 g/mol. The number of aliphatic hydroxyl groups excluding tert-OH is 1. The first-order valence-electron chi connectivity index (χ1n) is 8.95. The Morgan fingerprint density at radius 3 is 2.96 bits per heavy atom. The Kier molecular flexibility index (Phi) is 3.80. The predicted octanol–water partition coefficient (Wildman–Crippen LogP) is 2.30. The van der Waals surface area contributed by atoms with Crippen LogP contribution in [0.25, 0.3) is 0 Å². The molecule has 124 valence electrons. The fourth-order valence-electron chi connectivity index (χ4n) is 4.33. The number of fused-ring (bicyclic) bond motifs is 2. The molecular weight excluding hydrogens is 288 g/mol. The highest BCUT2D eigenvalue weighted by Crippen LogP contribution is 2.61. The summed E-state index contributed by atoms with van der Waals surface area (Å²) in [4.78, 5) is 14.2. The number of aliphatic hydroxyl groups is 1. The second-order valence-corrected chi connectivity index (χ2v) is 7.51. The molecule has 2 N–H and O–H groups in total. The van der Waals surface area contributed by atoms with Crippen molar-refractivity contribution in [3.05, 3.63) is 35.4 Å². The SMILES string of the molecule is O=C(NC[C@H]1C[C@@]12CCc1ccccc12)N(CCO)CC1CC1. The van der Waals surface area contributed by atoms with Gasteiger partial charge in [-0.3, -0.25) is 0 Å². The maximum absolute atomic E-state index is 12.4. The molecule has 4 nitrogen and oxygen atoms in total. The Bertz CT molecular complexity index is 599. The monoisotopic (exact) mass is 314 g/mol. The first-order chi connectivity index (χ1) is 11.2. The van der Waals surface area contributed by atoms with Gasteiger partial charge in [0.05, 0.1) is 6.61 Å². The van der Waals surface area contributed by atoms with Gasteiger partial charge in [-0.1, -0.05) is 24.3 Å². The number of urea groups is 1. The van der Waals surface area contributed by atoms with Gasteiger partial charge >= 0.3 is 6.03 Å². The van der Waals surface area contributed by atoms with Crippen molar-refractivity contribution in [2.75, 3.05) is 26.2 Å². The Morgan fingerprint density at radius 1 is 1.35 bits per heavy atom. The van der Waals surface area contributed by atoms with E-state index < -0.39 is 0 Å². The van der Waals surface area contributed by atoms with Crippen molar-refractivity contribution >= 4 is 6.03 Å². The number of hydrogen-bond acceptors (Lipinski definition) is 2. The van der Waals surface area contributed by atoms with Crippen LogP contribution in [0.4, 0.5) is 4.79 Å². The topological polar surface area (TPSA) is 52.6 Å². The van der Waals surface area contributed by atoms with Gasteiger partial charge < -0.3 is 15.3 Å². The van der Waals surface area contributed by atoms with Gasteiger partial charge in [-0.05, 0) is 55.1 Å².